The van der Waals surface area contributed by atoms with E-state index in [4.69, 9.17) is 4.74 Å². The summed E-state index contributed by atoms with van der Waals surface area (Å²) < 4.78 is 5.39. The fourth-order valence-electron chi connectivity index (χ4n) is 3.53. The van der Waals surface area contributed by atoms with Crippen molar-refractivity contribution in [3.8, 4) is 5.75 Å². The number of fused-ring (bicyclic) bond motifs is 1. The number of amides is 1. The molecular weight excluding hydrogens is 264 g/mol. The van der Waals surface area contributed by atoms with Gasteiger partial charge in [-0.2, -0.15) is 0 Å². The molecule has 1 heterocycles. The summed E-state index contributed by atoms with van der Waals surface area (Å²) in [6, 6.07) is 5.81. The molecule has 114 valence electrons. The highest BCUT2D eigenvalue weighted by atomic mass is 16.5. The van der Waals surface area contributed by atoms with Crippen LogP contribution in [0.25, 0.3) is 0 Å². The summed E-state index contributed by atoms with van der Waals surface area (Å²) >= 11 is 0. The van der Waals surface area contributed by atoms with Gasteiger partial charge < -0.3 is 15.4 Å². The van der Waals surface area contributed by atoms with E-state index < -0.39 is 0 Å². The van der Waals surface area contributed by atoms with Gasteiger partial charge >= 0.3 is 0 Å². The van der Waals surface area contributed by atoms with Gasteiger partial charge in [-0.3, -0.25) is 4.79 Å². The van der Waals surface area contributed by atoms with Crippen LogP contribution in [0.2, 0.25) is 0 Å². The Bertz CT molecular complexity index is 510. The molecule has 4 heteroatoms. The summed E-state index contributed by atoms with van der Waals surface area (Å²) in [7, 11) is 1.67. The Labute approximate surface area is 126 Å². The van der Waals surface area contributed by atoms with E-state index in [0.29, 0.717) is 6.54 Å². The van der Waals surface area contributed by atoms with Crippen LogP contribution in [0.5, 0.6) is 5.75 Å². The van der Waals surface area contributed by atoms with Crippen molar-refractivity contribution >= 4 is 11.6 Å². The summed E-state index contributed by atoms with van der Waals surface area (Å²) in [5.41, 5.74) is 2.06. The molecule has 0 spiro atoms. The van der Waals surface area contributed by atoms with E-state index >= 15 is 0 Å². The van der Waals surface area contributed by atoms with Crippen molar-refractivity contribution < 1.29 is 9.53 Å². The van der Waals surface area contributed by atoms with Crippen molar-refractivity contribution in [1.82, 2.24) is 5.32 Å². The molecule has 0 bridgehead atoms. The van der Waals surface area contributed by atoms with Gasteiger partial charge in [0.05, 0.1) is 7.11 Å². The number of hydrogen-bond acceptors (Lipinski definition) is 3. The van der Waals surface area contributed by atoms with Crippen LogP contribution in [-0.2, 0) is 11.3 Å². The zero-order valence-corrected chi connectivity index (χ0v) is 12.7. The molecule has 21 heavy (non-hydrogen) atoms. The molecule has 1 unspecified atom stereocenters. The van der Waals surface area contributed by atoms with Gasteiger partial charge in [0.2, 0.25) is 5.91 Å². The number of anilines is 1. The molecule has 1 amide bonds. The minimum atomic E-state index is -0.126. The molecule has 0 aromatic heterocycles. The third kappa shape index (κ3) is 3.14. The molecule has 4 nitrogen and oxygen atoms in total. The number of methoxy groups -OCH3 is 1. The van der Waals surface area contributed by atoms with Gasteiger partial charge in [-0.25, -0.2) is 0 Å². The lowest BCUT2D eigenvalue weighted by atomic mass is 9.98. The lowest BCUT2D eigenvalue weighted by Gasteiger charge is -2.18. The normalized spacial score (nSPS) is 22.1. The quantitative estimate of drug-likeness (QED) is 0.895. The summed E-state index contributed by atoms with van der Waals surface area (Å²) in [6.07, 6.45) is 7.43. The number of carbonyl (C=O) groups is 1. The molecule has 1 aromatic carbocycles. The van der Waals surface area contributed by atoms with Gasteiger partial charge in [-0.05, 0) is 30.9 Å². The fraction of sp³-hybridized carbons (Fsp3) is 0.588. The van der Waals surface area contributed by atoms with Gasteiger partial charge in [0, 0.05) is 17.8 Å². The number of benzene rings is 1. The zero-order chi connectivity index (χ0) is 14.7. The second-order valence-corrected chi connectivity index (χ2v) is 6.13. The van der Waals surface area contributed by atoms with E-state index in [1.807, 2.05) is 18.2 Å². The molecular formula is C17H24N2O2. The fourth-order valence-corrected chi connectivity index (χ4v) is 3.53. The number of nitrogens with one attached hydrogen (secondary N) is 2. The maximum absolute atomic E-state index is 12.3. The minimum absolute atomic E-state index is 0.103. The number of rotatable bonds is 4. The van der Waals surface area contributed by atoms with Crippen molar-refractivity contribution in [3.63, 3.8) is 0 Å². The average molecular weight is 288 g/mol. The Kier molecular flexibility index (Phi) is 4.32. The van der Waals surface area contributed by atoms with Gasteiger partial charge in [0.1, 0.15) is 11.8 Å². The smallest absolute Gasteiger partial charge is 0.242 e. The second-order valence-electron chi connectivity index (χ2n) is 6.13. The monoisotopic (exact) mass is 288 g/mol. The molecule has 2 aliphatic rings. The average Bonchev–Trinajstić information content (AvgIpc) is 2.96. The first kappa shape index (κ1) is 14.2. The van der Waals surface area contributed by atoms with E-state index in [1.54, 1.807) is 7.11 Å². The molecule has 1 aliphatic carbocycles. The van der Waals surface area contributed by atoms with E-state index in [-0.39, 0.29) is 11.9 Å². The lowest BCUT2D eigenvalue weighted by molar-refractivity contribution is -0.122. The van der Waals surface area contributed by atoms with E-state index in [1.165, 1.54) is 25.7 Å². The number of ether oxygens (including phenoxy) is 1. The Morgan fingerprint density at radius 3 is 2.81 bits per heavy atom. The summed E-state index contributed by atoms with van der Waals surface area (Å²) in [4.78, 5) is 12.3. The molecule has 3 rings (SSSR count). The van der Waals surface area contributed by atoms with Gasteiger partial charge in [0.25, 0.3) is 0 Å². The zero-order valence-electron chi connectivity index (χ0n) is 12.7. The molecule has 2 N–H and O–H groups in total. The summed E-state index contributed by atoms with van der Waals surface area (Å²) in [5.74, 6) is 1.75. The predicted octanol–water partition coefficient (Wildman–Crippen LogP) is 3.08. The largest absolute Gasteiger partial charge is 0.496 e. The molecule has 1 saturated carbocycles. The van der Waals surface area contributed by atoms with Crippen LogP contribution < -0.4 is 15.4 Å². The van der Waals surface area contributed by atoms with Crippen LogP contribution in [0.1, 0.15) is 44.1 Å². The van der Waals surface area contributed by atoms with Crippen molar-refractivity contribution in [1.29, 1.82) is 0 Å². The van der Waals surface area contributed by atoms with Crippen LogP contribution in [0.3, 0.4) is 0 Å². The van der Waals surface area contributed by atoms with Gasteiger partial charge in [-0.15, -0.1) is 0 Å². The lowest BCUT2D eigenvalue weighted by Crippen LogP contribution is -2.37. The van der Waals surface area contributed by atoms with Crippen LogP contribution in [-0.4, -0.2) is 19.1 Å². The van der Waals surface area contributed by atoms with E-state index in [2.05, 4.69) is 10.6 Å². The highest BCUT2D eigenvalue weighted by Crippen LogP contribution is 2.32. The highest BCUT2D eigenvalue weighted by molar-refractivity contribution is 5.86. The molecule has 1 atom stereocenters. The molecule has 0 radical (unpaired) electrons. The Balaban J connectivity index is 1.71. The molecule has 1 aromatic rings. The number of carbonyl (C=O) groups excluding carboxylic acids is 1. The van der Waals surface area contributed by atoms with Gasteiger partial charge in [-0.1, -0.05) is 31.7 Å². The number of hydrogen-bond donors (Lipinski definition) is 2. The molecule has 1 fully saturated rings. The molecule has 0 saturated heterocycles. The Morgan fingerprint density at radius 1 is 1.24 bits per heavy atom. The third-order valence-electron chi connectivity index (χ3n) is 4.78. The van der Waals surface area contributed by atoms with Crippen molar-refractivity contribution in [3.05, 3.63) is 23.8 Å². The van der Waals surface area contributed by atoms with Crippen LogP contribution in [0.4, 0.5) is 5.69 Å². The Hall–Kier alpha value is -1.71. The maximum atomic E-state index is 12.3. The Morgan fingerprint density at radius 2 is 2.05 bits per heavy atom. The first-order valence-electron chi connectivity index (χ1n) is 7.98. The van der Waals surface area contributed by atoms with E-state index in [9.17, 15) is 4.79 Å². The predicted molar refractivity (Wildman–Crippen MR) is 83.4 cm³/mol. The molecule has 1 aliphatic heterocycles. The van der Waals surface area contributed by atoms with Gasteiger partial charge in [0.15, 0.2) is 0 Å². The third-order valence-corrected chi connectivity index (χ3v) is 4.78. The van der Waals surface area contributed by atoms with Crippen molar-refractivity contribution in [2.75, 3.05) is 12.4 Å². The minimum Gasteiger partial charge on any atom is -0.496 e. The first-order chi connectivity index (χ1) is 10.3. The van der Waals surface area contributed by atoms with Crippen LogP contribution >= 0.6 is 0 Å². The van der Waals surface area contributed by atoms with Crippen molar-refractivity contribution in [2.24, 2.45) is 5.92 Å². The summed E-state index contributed by atoms with van der Waals surface area (Å²) in [6.45, 7) is 0.533. The van der Waals surface area contributed by atoms with E-state index in [0.717, 1.165) is 35.8 Å². The maximum Gasteiger partial charge on any atom is 0.242 e. The standard InChI is InChI=1S/C17H24N2O2/c1-21-16-8-4-7-14-13(16)11-18-17(20)15(19-14)10-9-12-5-2-3-6-12/h4,7-8,12,15,19H,2-3,5-6,9-11H2,1H3,(H,18,20). The SMILES string of the molecule is COc1cccc2c1CNC(=O)C(CCC1CCCC1)N2. The first-order valence-corrected chi connectivity index (χ1v) is 7.98. The van der Waals surface area contributed by atoms with Crippen LogP contribution in [0, 0.1) is 5.92 Å². The van der Waals surface area contributed by atoms with Crippen molar-refractivity contribution in [2.45, 2.75) is 51.1 Å². The summed E-state index contributed by atoms with van der Waals surface area (Å²) in [5, 5.41) is 6.44. The van der Waals surface area contributed by atoms with Crippen LogP contribution in [0.15, 0.2) is 18.2 Å². The second kappa shape index (κ2) is 6.37. The highest BCUT2D eigenvalue weighted by Gasteiger charge is 2.26. The topological polar surface area (TPSA) is 50.4 Å².